The van der Waals surface area contributed by atoms with Crippen molar-refractivity contribution in [2.45, 2.75) is 19.3 Å². The van der Waals surface area contributed by atoms with Crippen molar-refractivity contribution >= 4 is 29.3 Å². The second kappa shape index (κ2) is 4.81. The zero-order valence-corrected chi connectivity index (χ0v) is 12.5. The van der Waals surface area contributed by atoms with E-state index in [9.17, 15) is 14.4 Å². The lowest BCUT2D eigenvalue weighted by molar-refractivity contribution is -0.143. The minimum atomic E-state index is -0.467. The van der Waals surface area contributed by atoms with Crippen LogP contribution in [0.15, 0.2) is 24.3 Å². The highest BCUT2D eigenvalue weighted by Gasteiger charge is 2.61. The third kappa shape index (κ3) is 1.88. The maximum Gasteiger partial charge on any atom is 0.270 e. The summed E-state index contributed by atoms with van der Waals surface area (Å²) in [5, 5.41) is 1.47. The van der Waals surface area contributed by atoms with Crippen LogP contribution in [0.25, 0.3) is 0 Å². The summed E-state index contributed by atoms with van der Waals surface area (Å²) in [5.41, 5.74) is 2.83. The van der Waals surface area contributed by atoms with E-state index in [2.05, 4.69) is 5.43 Å². The highest BCUT2D eigenvalue weighted by molar-refractivity contribution is 6.30. The summed E-state index contributed by atoms with van der Waals surface area (Å²) in [4.78, 5) is 37.2. The van der Waals surface area contributed by atoms with Gasteiger partial charge >= 0.3 is 0 Å². The zero-order chi connectivity index (χ0) is 15.4. The fourth-order valence-electron chi connectivity index (χ4n) is 4.29. The van der Waals surface area contributed by atoms with Crippen molar-refractivity contribution in [1.29, 1.82) is 0 Å². The Labute approximate surface area is 132 Å². The van der Waals surface area contributed by atoms with E-state index in [1.807, 2.05) is 0 Å². The molecule has 1 aromatic carbocycles. The third-order valence-corrected chi connectivity index (χ3v) is 5.50. The summed E-state index contributed by atoms with van der Waals surface area (Å²) in [7, 11) is 0. The molecule has 2 aliphatic carbocycles. The molecule has 3 aliphatic rings. The number of benzene rings is 1. The number of nitrogens with zero attached hydrogens (tertiary/aromatic N) is 1. The van der Waals surface area contributed by atoms with E-state index in [1.165, 1.54) is 0 Å². The molecule has 0 aromatic heterocycles. The van der Waals surface area contributed by atoms with Gasteiger partial charge in [-0.2, -0.15) is 5.01 Å². The molecule has 1 aliphatic heterocycles. The number of imide groups is 1. The number of carbonyl (C=O) groups is 3. The Morgan fingerprint density at radius 2 is 1.59 bits per heavy atom. The van der Waals surface area contributed by atoms with Gasteiger partial charge < -0.3 is 0 Å². The number of rotatable bonds is 2. The first-order chi connectivity index (χ1) is 10.6. The SMILES string of the molecule is O=C(NN1C(=O)[C@@H]2[C@@H]3CC[C@@H](C3)[C@@H]2C1=O)c1ccc(Cl)cc1. The fraction of sp³-hybridized carbons (Fsp3) is 0.438. The molecule has 1 saturated heterocycles. The molecule has 1 N–H and O–H groups in total. The van der Waals surface area contributed by atoms with Crippen LogP contribution >= 0.6 is 11.6 Å². The van der Waals surface area contributed by atoms with Crippen molar-refractivity contribution in [3.8, 4) is 0 Å². The van der Waals surface area contributed by atoms with Gasteiger partial charge in [0, 0.05) is 10.6 Å². The number of hydrazine groups is 1. The molecule has 3 amide bonds. The average Bonchev–Trinajstić information content (AvgIpc) is 3.17. The molecule has 22 heavy (non-hydrogen) atoms. The summed E-state index contributed by atoms with van der Waals surface area (Å²) in [6.45, 7) is 0. The van der Waals surface area contributed by atoms with Gasteiger partial charge in [-0.25, -0.2) is 0 Å². The summed E-state index contributed by atoms with van der Waals surface area (Å²) in [6, 6.07) is 6.32. The lowest BCUT2D eigenvalue weighted by atomic mass is 9.81. The number of fused-ring (bicyclic) bond motifs is 5. The molecule has 2 bridgehead atoms. The van der Waals surface area contributed by atoms with Gasteiger partial charge in [0.25, 0.3) is 17.7 Å². The second-order valence-electron chi connectivity index (χ2n) is 6.34. The van der Waals surface area contributed by atoms with Crippen molar-refractivity contribution in [1.82, 2.24) is 10.4 Å². The lowest BCUT2D eigenvalue weighted by Crippen LogP contribution is -2.47. The molecule has 114 valence electrons. The van der Waals surface area contributed by atoms with Gasteiger partial charge in [-0.1, -0.05) is 11.6 Å². The number of carbonyl (C=O) groups excluding carboxylic acids is 3. The number of hydrogen-bond acceptors (Lipinski definition) is 3. The quantitative estimate of drug-likeness (QED) is 0.848. The maximum absolute atomic E-state index is 12.5. The van der Waals surface area contributed by atoms with Crippen LogP contribution in [0.3, 0.4) is 0 Å². The molecule has 1 aromatic rings. The standard InChI is InChI=1S/C16H15ClN2O3/c17-11-5-3-8(4-6-11)14(20)18-19-15(21)12-9-1-2-10(7-9)13(12)16(19)22/h3-6,9-10,12-13H,1-2,7H2,(H,18,20)/t9-,10+,12-,13+. The predicted octanol–water partition coefficient (Wildman–Crippen LogP) is 2.02. The van der Waals surface area contributed by atoms with Crippen LogP contribution in [-0.2, 0) is 9.59 Å². The van der Waals surface area contributed by atoms with E-state index < -0.39 is 5.91 Å². The van der Waals surface area contributed by atoms with Crippen molar-refractivity contribution in [2.75, 3.05) is 0 Å². The molecular formula is C16H15ClN2O3. The van der Waals surface area contributed by atoms with Crippen LogP contribution in [0.5, 0.6) is 0 Å². The Hall–Kier alpha value is -1.88. The van der Waals surface area contributed by atoms with Crippen LogP contribution in [0.4, 0.5) is 0 Å². The van der Waals surface area contributed by atoms with E-state index in [0.29, 0.717) is 22.4 Å². The van der Waals surface area contributed by atoms with E-state index in [4.69, 9.17) is 11.6 Å². The number of hydrogen-bond donors (Lipinski definition) is 1. The molecule has 3 fully saturated rings. The molecule has 5 nitrogen and oxygen atoms in total. The summed E-state index contributed by atoms with van der Waals surface area (Å²) in [6.07, 6.45) is 3.01. The Morgan fingerprint density at radius 3 is 2.14 bits per heavy atom. The number of amides is 3. The summed E-state index contributed by atoms with van der Waals surface area (Å²) < 4.78 is 0. The summed E-state index contributed by atoms with van der Waals surface area (Å²) in [5.74, 6) is -0.791. The Kier molecular flexibility index (Phi) is 3.01. The second-order valence-corrected chi connectivity index (χ2v) is 6.78. The van der Waals surface area contributed by atoms with Crippen LogP contribution in [-0.4, -0.2) is 22.7 Å². The number of halogens is 1. The average molecular weight is 319 g/mol. The topological polar surface area (TPSA) is 66.5 Å². The largest absolute Gasteiger partial charge is 0.272 e. The van der Waals surface area contributed by atoms with Gasteiger partial charge in [-0.3, -0.25) is 19.8 Å². The monoisotopic (exact) mass is 318 g/mol. The van der Waals surface area contributed by atoms with Gasteiger partial charge in [0.2, 0.25) is 0 Å². The molecule has 0 unspecified atom stereocenters. The van der Waals surface area contributed by atoms with Crippen molar-refractivity contribution in [2.24, 2.45) is 23.7 Å². The molecule has 4 atom stereocenters. The van der Waals surface area contributed by atoms with Gasteiger partial charge in [-0.15, -0.1) is 0 Å². The highest BCUT2D eigenvalue weighted by atomic mass is 35.5. The molecule has 0 radical (unpaired) electrons. The van der Waals surface area contributed by atoms with Gasteiger partial charge in [0.05, 0.1) is 11.8 Å². The van der Waals surface area contributed by atoms with Gasteiger partial charge in [-0.05, 0) is 55.4 Å². The third-order valence-electron chi connectivity index (χ3n) is 5.25. The minimum absolute atomic E-state index is 0.225. The Bertz CT molecular complexity index is 644. The first-order valence-corrected chi connectivity index (χ1v) is 7.88. The van der Waals surface area contributed by atoms with Gasteiger partial charge in [0.1, 0.15) is 0 Å². The van der Waals surface area contributed by atoms with Crippen molar-refractivity contribution in [3.63, 3.8) is 0 Å². The molecule has 0 spiro atoms. The van der Waals surface area contributed by atoms with Crippen LogP contribution in [0.2, 0.25) is 5.02 Å². The first kappa shape index (κ1) is 13.8. The van der Waals surface area contributed by atoms with Crippen molar-refractivity contribution < 1.29 is 14.4 Å². The Morgan fingerprint density at radius 1 is 1.05 bits per heavy atom. The number of nitrogens with one attached hydrogen (secondary N) is 1. The van der Waals surface area contributed by atoms with Crippen LogP contribution in [0.1, 0.15) is 29.6 Å². The minimum Gasteiger partial charge on any atom is -0.272 e. The first-order valence-electron chi connectivity index (χ1n) is 7.50. The van der Waals surface area contributed by atoms with E-state index in [1.54, 1.807) is 24.3 Å². The predicted molar refractivity (Wildman–Crippen MR) is 78.6 cm³/mol. The molecular weight excluding hydrogens is 304 g/mol. The molecule has 1 heterocycles. The van der Waals surface area contributed by atoms with E-state index in [0.717, 1.165) is 24.3 Å². The van der Waals surface area contributed by atoms with E-state index >= 15 is 0 Å². The molecule has 6 heteroatoms. The van der Waals surface area contributed by atoms with Crippen LogP contribution in [0, 0.1) is 23.7 Å². The van der Waals surface area contributed by atoms with Gasteiger partial charge in [0.15, 0.2) is 0 Å². The van der Waals surface area contributed by atoms with Crippen molar-refractivity contribution in [3.05, 3.63) is 34.9 Å². The normalized spacial score (nSPS) is 32.5. The lowest BCUT2D eigenvalue weighted by Gasteiger charge is -2.19. The highest BCUT2D eigenvalue weighted by Crippen LogP contribution is 2.55. The zero-order valence-electron chi connectivity index (χ0n) is 11.8. The van der Waals surface area contributed by atoms with Crippen LogP contribution < -0.4 is 5.43 Å². The smallest absolute Gasteiger partial charge is 0.270 e. The Balaban J connectivity index is 1.54. The maximum atomic E-state index is 12.5. The molecule has 2 saturated carbocycles. The van der Waals surface area contributed by atoms with E-state index in [-0.39, 0.29) is 23.7 Å². The molecule has 4 rings (SSSR count). The fourth-order valence-corrected chi connectivity index (χ4v) is 4.41. The summed E-state index contributed by atoms with van der Waals surface area (Å²) >= 11 is 5.79.